The number of hydrogen-bond donors (Lipinski definition) is 0. The Morgan fingerprint density at radius 2 is 1.00 bits per heavy atom. The first kappa shape index (κ1) is 25.6. The second kappa shape index (κ2) is 16.0. The largest absolute Gasteiger partial charge is 0.412 e. The van der Waals surface area contributed by atoms with Crippen LogP contribution in [-0.4, -0.2) is 115 Å². The average molecular weight is 355 g/mol. The predicted molar refractivity (Wildman–Crippen MR) is 20.9 cm³/mol. The molecule has 0 saturated carbocycles. The molecule has 0 heterocycles. The van der Waals surface area contributed by atoms with Crippen molar-refractivity contribution < 1.29 is 5.48 Å². The summed E-state index contributed by atoms with van der Waals surface area (Å²) in [4.78, 5) is 0. The fourth-order valence-corrected chi connectivity index (χ4v) is 0. The van der Waals surface area contributed by atoms with E-state index in [0.717, 1.165) is 0 Å². The van der Waals surface area contributed by atoms with E-state index >= 15 is 0 Å². The van der Waals surface area contributed by atoms with Gasteiger partial charge in [-0.2, -0.15) is 0 Å². The Labute approximate surface area is 112 Å². The quantitative estimate of drug-likeness (QED) is 0.452. The summed E-state index contributed by atoms with van der Waals surface area (Å²) in [6.07, 6.45) is 0. The molecule has 0 spiro atoms. The maximum Gasteiger partial charge on any atom is 0 e. The second-order valence-electron chi connectivity index (χ2n) is 0. The first-order valence-electron chi connectivity index (χ1n) is 0. The predicted octanol–water partition coefficient (Wildman–Crippen LogP) is -1.97. The molecule has 0 atom stereocenters. The molecule has 17 valence electrons. The Kier molecular flexibility index (Phi) is 102. The molecular weight excluding hydrogens is 353 g/mol. The van der Waals surface area contributed by atoms with Crippen molar-refractivity contribution in [3.63, 3.8) is 0 Å². The van der Waals surface area contributed by atoms with Crippen molar-refractivity contribution in [3.8, 4) is 0 Å². The number of hydrogen-bond acceptors (Lipinski definition) is 0. The van der Waals surface area contributed by atoms with Crippen LogP contribution in [0.15, 0.2) is 0 Å². The van der Waals surface area contributed by atoms with Crippen LogP contribution in [0.2, 0.25) is 0 Å². The maximum atomic E-state index is 0. The van der Waals surface area contributed by atoms with Crippen LogP contribution in [0.1, 0.15) is 0 Å². The Morgan fingerprint density at radius 3 is 1.00 bits per heavy atom. The zero-order valence-corrected chi connectivity index (χ0v) is 11.5. The summed E-state index contributed by atoms with van der Waals surface area (Å²) >= 11 is 0. The van der Waals surface area contributed by atoms with Crippen LogP contribution in [0.4, 0.5) is 0 Å². The van der Waals surface area contributed by atoms with E-state index in [2.05, 4.69) is 0 Å². The van der Waals surface area contributed by atoms with E-state index in [-0.39, 0.29) is 115 Å². The summed E-state index contributed by atoms with van der Waals surface area (Å²) in [6, 6.07) is 0. The summed E-state index contributed by atoms with van der Waals surface area (Å²) in [5.74, 6) is 0. The van der Waals surface area contributed by atoms with Gasteiger partial charge in [0, 0.05) is 109 Å². The topological polar surface area (TPSA) is 31.5 Å². The first-order chi connectivity index (χ1) is 0. The Bertz CT molecular complexity index is 8.00. The molecule has 4 heteroatoms. The van der Waals surface area contributed by atoms with E-state index in [4.69, 9.17) is 0 Å². The maximum absolute atomic E-state index is 0. The molecule has 0 aliphatic rings. The molecule has 0 fully saturated rings. The third-order valence-corrected chi connectivity index (χ3v) is 0. The molecule has 0 unspecified atom stereocenters. The van der Waals surface area contributed by atoms with Gasteiger partial charge in [0.25, 0.3) is 0 Å². The van der Waals surface area contributed by atoms with E-state index in [9.17, 15) is 0 Å². The van der Waals surface area contributed by atoms with Crippen LogP contribution in [0.5, 0.6) is 0 Å². The van der Waals surface area contributed by atoms with Gasteiger partial charge in [0.05, 0.1) is 0 Å². The molecule has 1 nitrogen and oxygen atoms in total. The Balaban J connectivity index is 0. The molecule has 0 aliphatic carbocycles. The molecule has 0 aromatic heterocycles. The van der Waals surface area contributed by atoms with Gasteiger partial charge in [0.1, 0.15) is 0 Å². The summed E-state index contributed by atoms with van der Waals surface area (Å²) < 4.78 is 0. The van der Waals surface area contributed by atoms with Gasteiger partial charge in [-0.3, -0.25) is 0 Å². The third kappa shape index (κ3) is 9.13. The van der Waals surface area contributed by atoms with Crippen LogP contribution in [0.3, 0.4) is 0 Å². The summed E-state index contributed by atoms with van der Waals surface area (Å²) in [5, 5.41) is 0. The first-order valence-corrected chi connectivity index (χ1v) is 0. The summed E-state index contributed by atoms with van der Waals surface area (Å²) in [5.41, 5.74) is 0. The van der Waals surface area contributed by atoms with Gasteiger partial charge < -0.3 is 5.48 Å². The van der Waals surface area contributed by atoms with Gasteiger partial charge in [-0.05, 0) is 0 Å². The van der Waals surface area contributed by atoms with Crippen molar-refractivity contribution in [1.82, 2.24) is 0 Å². The fourth-order valence-electron chi connectivity index (χ4n) is 0. The van der Waals surface area contributed by atoms with E-state index in [0.29, 0.717) is 0 Å². The Hall–Kier alpha value is 3.58. The van der Waals surface area contributed by atoms with Gasteiger partial charge >= 0.3 is 0 Å². The summed E-state index contributed by atoms with van der Waals surface area (Å²) in [6.45, 7) is 0. The van der Waals surface area contributed by atoms with Crippen molar-refractivity contribution in [2.75, 3.05) is 0 Å². The fraction of sp³-hybridized carbons (Fsp3) is 0. The second-order valence-corrected chi connectivity index (χ2v) is 0. The van der Waals surface area contributed by atoms with Crippen LogP contribution < -0.4 is 0 Å². The Morgan fingerprint density at radius 1 is 1.00 bits per heavy atom. The zero-order chi connectivity index (χ0) is 0. The van der Waals surface area contributed by atoms with Crippen molar-refractivity contribution in [3.05, 3.63) is 0 Å². The molecule has 0 bridgehead atoms. The molecule has 0 saturated heterocycles. The standard InChI is InChI=1S/Bi.Ca.H2O.Sr/h;;1H2;. The average Bonchev–Trinajstić information content (AvgIpc) is 0. The smallest absolute Gasteiger partial charge is 0 e. The van der Waals surface area contributed by atoms with Crippen LogP contribution >= 0.6 is 0 Å². The molecule has 0 rings (SSSR count). The number of rotatable bonds is 0. The molecule has 2 N–H and O–H groups in total. The van der Waals surface area contributed by atoms with Gasteiger partial charge in [0.2, 0.25) is 0 Å². The zero-order valence-electron chi connectivity index (χ0n) is 2.36. The van der Waals surface area contributed by atoms with E-state index in [1.54, 1.807) is 0 Å². The van der Waals surface area contributed by atoms with Crippen LogP contribution in [0, 0.1) is 0 Å². The third-order valence-electron chi connectivity index (χ3n) is 0. The van der Waals surface area contributed by atoms with E-state index < -0.39 is 0 Å². The minimum absolute atomic E-state index is 0. The van der Waals surface area contributed by atoms with Crippen molar-refractivity contribution in [2.45, 2.75) is 0 Å². The molecule has 0 aromatic rings. The van der Waals surface area contributed by atoms with Crippen molar-refractivity contribution in [1.29, 1.82) is 0 Å². The molecule has 4 heavy (non-hydrogen) atoms. The summed E-state index contributed by atoms with van der Waals surface area (Å²) in [7, 11) is 0. The van der Waals surface area contributed by atoms with Crippen LogP contribution in [0.25, 0.3) is 0 Å². The molecule has 0 amide bonds. The SMILES string of the molecule is O.[Bi].[Ca].[Sr]. The van der Waals surface area contributed by atoms with Gasteiger partial charge in [-0.1, -0.05) is 0 Å². The van der Waals surface area contributed by atoms with Gasteiger partial charge in [0.15, 0.2) is 0 Å². The monoisotopic (exact) mass is 355 g/mol. The van der Waals surface area contributed by atoms with Gasteiger partial charge in [-0.25, -0.2) is 0 Å². The van der Waals surface area contributed by atoms with E-state index in [1.807, 2.05) is 0 Å². The molecule has 7 radical (unpaired) electrons. The van der Waals surface area contributed by atoms with E-state index in [1.165, 1.54) is 0 Å². The van der Waals surface area contributed by atoms with Gasteiger partial charge in [-0.15, -0.1) is 0 Å². The van der Waals surface area contributed by atoms with Crippen molar-refractivity contribution in [2.24, 2.45) is 0 Å². The molecular formula is H2BiCaOSr. The van der Waals surface area contributed by atoms with Crippen molar-refractivity contribution >= 4 is 109 Å². The normalized spacial score (nSPS) is 0. The van der Waals surface area contributed by atoms with Crippen LogP contribution in [-0.2, 0) is 0 Å². The minimum atomic E-state index is 0. The minimum Gasteiger partial charge on any atom is -0.412 e. The molecule has 0 aromatic carbocycles. The molecule has 0 aliphatic heterocycles.